The van der Waals surface area contributed by atoms with Crippen molar-refractivity contribution in [2.45, 2.75) is 18.4 Å². The maximum absolute atomic E-state index is 13.4. The third-order valence-corrected chi connectivity index (χ3v) is 5.97. The van der Waals surface area contributed by atoms with E-state index in [0.717, 1.165) is 22.3 Å². The Hall–Kier alpha value is -3.19. The minimum atomic E-state index is -1.20. The summed E-state index contributed by atoms with van der Waals surface area (Å²) in [4.78, 5) is 24.0. The Bertz CT molecular complexity index is 1100. The van der Waals surface area contributed by atoms with Crippen LogP contribution < -0.4 is 5.32 Å². The molecular formula is C24H19BrFNO4. The van der Waals surface area contributed by atoms with E-state index in [0.29, 0.717) is 5.56 Å². The van der Waals surface area contributed by atoms with Gasteiger partial charge in [0.1, 0.15) is 18.5 Å². The lowest BCUT2D eigenvalue weighted by Crippen LogP contribution is -2.42. The Labute approximate surface area is 187 Å². The quantitative estimate of drug-likeness (QED) is 0.509. The monoisotopic (exact) mass is 483 g/mol. The summed E-state index contributed by atoms with van der Waals surface area (Å²) in [5.41, 5.74) is 4.93. The number of carbonyl (C=O) groups excluding carboxylic acids is 1. The van der Waals surface area contributed by atoms with Crippen LogP contribution in [0.4, 0.5) is 9.18 Å². The fourth-order valence-electron chi connectivity index (χ4n) is 3.88. The fourth-order valence-corrected chi connectivity index (χ4v) is 4.31. The van der Waals surface area contributed by atoms with Crippen LogP contribution in [0, 0.1) is 5.82 Å². The molecule has 1 aliphatic carbocycles. The predicted octanol–water partition coefficient (Wildman–Crippen LogP) is 5.12. The summed E-state index contributed by atoms with van der Waals surface area (Å²) in [7, 11) is 0. The molecule has 0 saturated carbocycles. The first-order chi connectivity index (χ1) is 14.9. The average molecular weight is 484 g/mol. The van der Waals surface area contributed by atoms with E-state index in [2.05, 4.69) is 21.2 Å². The molecule has 3 aromatic carbocycles. The second kappa shape index (κ2) is 8.89. The summed E-state index contributed by atoms with van der Waals surface area (Å²) in [6.45, 7) is 0.0916. The lowest BCUT2D eigenvalue weighted by molar-refractivity contribution is -0.139. The zero-order valence-corrected chi connectivity index (χ0v) is 17.9. The molecule has 0 saturated heterocycles. The number of carbonyl (C=O) groups is 2. The van der Waals surface area contributed by atoms with Crippen LogP contribution in [0.2, 0.25) is 0 Å². The van der Waals surface area contributed by atoms with Crippen LogP contribution in [0.5, 0.6) is 0 Å². The number of halogens is 2. The third kappa shape index (κ3) is 4.46. The molecule has 4 rings (SSSR count). The molecule has 1 atom stereocenters. The van der Waals surface area contributed by atoms with E-state index in [4.69, 9.17) is 4.74 Å². The number of rotatable bonds is 6. The summed E-state index contributed by atoms with van der Waals surface area (Å²) in [6.07, 6.45) is -0.811. The van der Waals surface area contributed by atoms with Crippen molar-refractivity contribution in [3.8, 4) is 11.1 Å². The Balaban J connectivity index is 1.43. The van der Waals surface area contributed by atoms with Gasteiger partial charge in [0, 0.05) is 12.3 Å². The summed E-state index contributed by atoms with van der Waals surface area (Å²) in [5.74, 6) is -1.76. The van der Waals surface area contributed by atoms with Crippen molar-refractivity contribution >= 4 is 28.0 Å². The molecule has 1 aliphatic rings. The van der Waals surface area contributed by atoms with Gasteiger partial charge in [0.2, 0.25) is 0 Å². The number of hydrogen-bond acceptors (Lipinski definition) is 3. The molecule has 1 amide bonds. The molecule has 5 nitrogen and oxygen atoms in total. The number of carboxylic acid groups (broad SMARTS) is 1. The van der Waals surface area contributed by atoms with Crippen molar-refractivity contribution < 1.29 is 23.8 Å². The largest absolute Gasteiger partial charge is 0.480 e. The maximum atomic E-state index is 13.4. The maximum Gasteiger partial charge on any atom is 0.407 e. The smallest absolute Gasteiger partial charge is 0.407 e. The number of nitrogens with one attached hydrogen (secondary N) is 1. The highest BCUT2D eigenvalue weighted by molar-refractivity contribution is 9.10. The van der Waals surface area contributed by atoms with Gasteiger partial charge in [0.25, 0.3) is 0 Å². The van der Waals surface area contributed by atoms with Crippen LogP contribution in [-0.4, -0.2) is 29.8 Å². The van der Waals surface area contributed by atoms with Gasteiger partial charge in [0.05, 0.1) is 4.47 Å². The van der Waals surface area contributed by atoms with E-state index in [-0.39, 0.29) is 23.4 Å². The Morgan fingerprint density at radius 1 is 1.03 bits per heavy atom. The standard InChI is InChI=1S/C24H19BrFNO4/c25-20-11-14(9-10-21(20)26)12-22(23(28)29)27-24(30)31-13-19-17-7-3-1-5-15(17)16-6-2-4-8-18(16)19/h1-11,19,22H,12-13H2,(H,27,30)(H,28,29). The summed E-state index contributed by atoms with van der Waals surface area (Å²) >= 11 is 3.08. The fraction of sp³-hybridized carbons (Fsp3) is 0.167. The highest BCUT2D eigenvalue weighted by atomic mass is 79.9. The minimum absolute atomic E-state index is 0.00158. The molecule has 31 heavy (non-hydrogen) atoms. The number of benzene rings is 3. The number of carboxylic acids is 1. The number of fused-ring (bicyclic) bond motifs is 3. The predicted molar refractivity (Wildman–Crippen MR) is 117 cm³/mol. The van der Waals surface area contributed by atoms with Crippen LogP contribution in [0.3, 0.4) is 0 Å². The Morgan fingerprint density at radius 2 is 1.65 bits per heavy atom. The van der Waals surface area contributed by atoms with Crippen LogP contribution >= 0.6 is 15.9 Å². The number of hydrogen-bond donors (Lipinski definition) is 2. The summed E-state index contributed by atoms with van der Waals surface area (Å²) in [6, 6.07) is 18.9. The molecule has 0 fully saturated rings. The van der Waals surface area contributed by atoms with Crippen LogP contribution in [0.15, 0.2) is 71.2 Å². The van der Waals surface area contributed by atoms with Crippen molar-refractivity contribution in [3.05, 3.63) is 93.7 Å². The zero-order valence-electron chi connectivity index (χ0n) is 16.3. The third-order valence-electron chi connectivity index (χ3n) is 5.36. The highest BCUT2D eigenvalue weighted by Gasteiger charge is 2.29. The number of ether oxygens (including phenoxy) is 1. The van der Waals surface area contributed by atoms with Gasteiger partial charge in [-0.3, -0.25) is 0 Å². The van der Waals surface area contributed by atoms with E-state index in [1.165, 1.54) is 18.2 Å². The van der Waals surface area contributed by atoms with Crippen molar-refractivity contribution in [2.24, 2.45) is 0 Å². The van der Waals surface area contributed by atoms with E-state index in [1.54, 1.807) is 0 Å². The highest BCUT2D eigenvalue weighted by Crippen LogP contribution is 2.44. The molecule has 3 aromatic rings. The van der Waals surface area contributed by atoms with E-state index in [9.17, 15) is 19.1 Å². The Morgan fingerprint density at radius 3 is 2.23 bits per heavy atom. The lowest BCUT2D eigenvalue weighted by Gasteiger charge is -2.17. The van der Waals surface area contributed by atoms with Crippen LogP contribution in [0.1, 0.15) is 22.6 Å². The van der Waals surface area contributed by atoms with Gasteiger partial charge in [0.15, 0.2) is 0 Å². The molecular weight excluding hydrogens is 465 g/mol. The van der Waals surface area contributed by atoms with E-state index in [1.807, 2.05) is 48.5 Å². The first-order valence-corrected chi connectivity index (χ1v) is 10.5. The second-order valence-electron chi connectivity index (χ2n) is 7.31. The molecule has 0 heterocycles. The molecule has 0 spiro atoms. The average Bonchev–Trinajstić information content (AvgIpc) is 3.08. The van der Waals surface area contributed by atoms with E-state index >= 15 is 0 Å². The van der Waals surface area contributed by atoms with Gasteiger partial charge in [-0.2, -0.15) is 0 Å². The topological polar surface area (TPSA) is 75.6 Å². The molecule has 2 N–H and O–H groups in total. The SMILES string of the molecule is O=C(NC(Cc1ccc(F)c(Br)c1)C(=O)O)OCC1c2ccccc2-c2ccccc21. The first kappa shape index (κ1) is 21.1. The number of aliphatic carboxylic acids is 1. The molecule has 0 aromatic heterocycles. The van der Waals surface area contributed by atoms with Gasteiger partial charge in [-0.1, -0.05) is 54.6 Å². The van der Waals surface area contributed by atoms with Crippen molar-refractivity contribution in [2.75, 3.05) is 6.61 Å². The van der Waals surface area contributed by atoms with Gasteiger partial charge in [-0.25, -0.2) is 14.0 Å². The van der Waals surface area contributed by atoms with Crippen LogP contribution in [0.25, 0.3) is 11.1 Å². The zero-order chi connectivity index (χ0) is 22.0. The molecule has 0 aliphatic heterocycles. The van der Waals surface area contributed by atoms with E-state index < -0.39 is 23.9 Å². The van der Waals surface area contributed by atoms with Crippen LogP contribution in [-0.2, 0) is 16.0 Å². The molecule has 0 radical (unpaired) electrons. The minimum Gasteiger partial charge on any atom is -0.480 e. The molecule has 0 bridgehead atoms. The molecule has 1 unspecified atom stereocenters. The Kier molecular flexibility index (Phi) is 6.04. The summed E-state index contributed by atoms with van der Waals surface area (Å²) in [5, 5.41) is 11.9. The number of alkyl carbamates (subject to hydrolysis) is 1. The van der Waals surface area contributed by atoms with Gasteiger partial charge in [-0.05, 0) is 55.9 Å². The van der Waals surface area contributed by atoms with Gasteiger partial charge < -0.3 is 15.2 Å². The van der Waals surface area contributed by atoms with Gasteiger partial charge >= 0.3 is 12.1 Å². The summed E-state index contributed by atoms with van der Waals surface area (Å²) < 4.78 is 19.1. The second-order valence-corrected chi connectivity index (χ2v) is 8.17. The molecule has 158 valence electrons. The molecule has 7 heteroatoms. The van der Waals surface area contributed by atoms with Crippen molar-refractivity contribution in [1.82, 2.24) is 5.32 Å². The lowest BCUT2D eigenvalue weighted by atomic mass is 9.98. The normalized spacial score (nSPS) is 13.2. The number of amides is 1. The van der Waals surface area contributed by atoms with Gasteiger partial charge in [-0.15, -0.1) is 0 Å². The van der Waals surface area contributed by atoms with Crippen molar-refractivity contribution in [3.63, 3.8) is 0 Å². The first-order valence-electron chi connectivity index (χ1n) is 9.72. The van der Waals surface area contributed by atoms with Crippen molar-refractivity contribution in [1.29, 1.82) is 0 Å².